The normalized spacial score (nSPS) is 23.3. The summed E-state index contributed by atoms with van der Waals surface area (Å²) in [6.07, 6.45) is 5.98. The van der Waals surface area contributed by atoms with Crippen LogP contribution in [0, 0.1) is 0 Å². The minimum atomic E-state index is -0.940. The number of hydrogen-bond donors (Lipinski definition) is 4. The molecule has 0 unspecified atom stereocenters. The lowest BCUT2D eigenvalue weighted by Gasteiger charge is -2.29. The van der Waals surface area contributed by atoms with Gasteiger partial charge in [0.15, 0.2) is 0 Å². The summed E-state index contributed by atoms with van der Waals surface area (Å²) in [7, 11) is 0. The number of rotatable bonds is 3. The zero-order valence-corrected chi connectivity index (χ0v) is 10.1. The largest absolute Gasteiger partial charge is 0.465 e. The molecule has 0 saturated heterocycles. The number of hydrogen-bond acceptors (Lipinski definition) is 4. The van der Waals surface area contributed by atoms with Gasteiger partial charge in [-0.1, -0.05) is 0 Å². The number of nitrogens with zero attached hydrogens (tertiary/aromatic N) is 1. The van der Waals surface area contributed by atoms with E-state index in [1.54, 1.807) is 12.4 Å². The van der Waals surface area contributed by atoms with E-state index >= 15 is 0 Å². The third-order valence-corrected chi connectivity index (χ3v) is 3.27. The summed E-state index contributed by atoms with van der Waals surface area (Å²) in [5.41, 5.74) is 7.36. The zero-order chi connectivity index (χ0) is 13.0. The van der Waals surface area contributed by atoms with E-state index in [4.69, 9.17) is 10.8 Å². The van der Waals surface area contributed by atoms with Crippen LogP contribution >= 0.6 is 0 Å². The molecule has 0 atom stereocenters. The van der Waals surface area contributed by atoms with Crippen molar-refractivity contribution in [3.63, 3.8) is 0 Å². The monoisotopic (exact) mass is 250 g/mol. The zero-order valence-electron chi connectivity index (χ0n) is 10.1. The summed E-state index contributed by atoms with van der Waals surface area (Å²) in [5.74, 6) is 0. The fraction of sp³-hybridized carbons (Fsp3) is 0.500. The van der Waals surface area contributed by atoms with Gasteiger partial charge >= 0.3 is 6.09 Å². The summed E-state index contributed by atoms with van der Waals surface area (Å²) in [5, 5.41) is 14.6. The van der Waals surface area contributed by atoms with Gasteiger partial charge in [0.1, 0.15) is 0 Å². The third-order valence-electron chi connectivity index (χ3n) is 3.27. The van der Waals surface area contributed by atoms with Crippen molar-refractivity contribution in [1.82, 2.24) is 10.3 Å². The molecule has 1 aliphatic rings. The van der Waals surface area contributed by atoms with Crippen LogP contribution in [0.4, 0.5) is 16.2 Å². The number of carbonyl (C=O) groups is 1. The third kappa shape index (κ3) is 3.26. The number of nitrogens with two attached hydrogens (primary N) is 1. The Morgan fingerprint density at radius 1 is 1.33 bits per heavy atom. The van der Waals surface area contributed by atoms with E-state index in [1.165, 1.54) is 0 Å². The van der Waals surface area contributed by atoms with E-state index in [0.717, 1.165) is 31.4 Å². The second-order valence-corrected chi connectivity index (χ2v) is 4.61. The van der Waals surface area contributed by atoms with Crippen molar-refractivity contribution < 1.29 is 9.90 Å². The highest BCUT2D eigenvalue weighted by Crippen LogP contribution is 2.24. The molecular formula is C12H18N4O2. The van der Waals surface area contributed by atoms with Gasteiger partial charge < -0.3 is 21.5 Å². The number of nitrogen functional groups attached to an aromatic ring is 1. The van der Waals surface area contributed by atoms with Crippen LogP contribution in [-0.2, 0) is 0 Å². The molecule has 1 aromatic heterocycles. The molecule has 0 bridgehead atoms. The Kier molecular flexibility index (Phi) is 3.86. The van der Waals surface area contributed by atoms with Gasteiger partial charge in [-0.2, -0.15) is 0 Å². The van der Waals surface area contributed by atoms with E-state index in [1.807, 2.05) is 6.07 Å². The van der Waals surface area contributed by atoms with Crippen LogP contribution in [0.2, 0.25) is 0 Å². The van der Waals surface area contributed by atoms with Crippen LogP contribution < -0.4 is 16.4 Å². The number of amides is 1. The van der Waals surface area contributed by atoms with Crippen molar-refractivity contribution in [2.75, 3.05) is 11.1 Å². The fourth-order valence-corrected chi connectivity index (χ4v) is 2.31. The van der Waals surface area contributed by atoms with Gasteiger partial charge in [-0.05, 0) is 31.7 Å². The maximum absolute atomic E-state index is 10.5. The van der Waals surface area contributed by atoms with Gasteiger partial charge in [0, 0.05) is 18.3 Å². The molecule has 1 aromatic rings. The molecule has 1 fully saturated rings. The first-order valence-electron chi connectivity index (χ1n) is 6.10. The minimum absolute atomic E-state index is 0.0790. The van der Waals surface area contributed by atoms with Gasteiger partial charge in [-0.3, -0.25) is 4.98 Å². The lowest BCUT2D eigenvalue weighted by Crippen LogP contribution is -2.39. The van der Waals surface area contributed by atoms with Crippen LogP contribution in [0.1, 0.15) is 25.7 Å². The van der Waals surface area contributed by atoms with Gasteiger partial charge in [0.25, 0.3) is 0 Å². The second-order valence-electron chi connectivity index (χ2n) is 4.61. The Hall–Kier alpha value is -1.98. The van der Waals surface area contributed by atoms with Crippen LogP contribution in [0.5, 0.6) is 0 Å². The van der Waals surface area contributed by atoms with E-state index in [0.29, 0.717) is 11.7 Å². The van der Waals surface area contributed by atoms with Gasteiger partial charge in [0.2, 0.25) is 0 Å². The molecule has 1 amide bonds. The Morgan fingerprint density at radius 2 is 2.00 bits per heavy atom. The van der Waals surface area contributed by atoms with Crippen molar-refractivity contribution in [3.05, 3.63) is 18.5 Å². The average molecular weight is 250 g/mol. The molecule has 98 valence electrons. The standard InChI is InChI=1S/C12H18N4O2/c13-10-7-14-6-5-11(10)15-8-1-3-9(4-2-8)16-12(17)18/h5-9,16H,1-4,13H2,(H,14,15)(H,17,18). The first-order valence-corrected chi connectivity index (χ1v) is 6.10. The van der Waals surface area contributed by atoms with Crippen LogP contribution in [0.25, 0.3) is 0 Å². The van der Waals surface area contributed by atoms with E-state index in [-0.39, 0.29) is 6.04 Å². The predicted octanol–water partition coefficient (Wildman–Crippen LogP) is 1.65. The lowest BCUT2D eigenvalue weighted by atomic mass is 9.91. The molecule has 1 aliphatic carbocycles. The topological polar surface area (TPSA) is 100 Å². The van der Waals surface area contributed by atoms with Crippen molar-refractivity contribution in [2.45, 2.75) is 37.8 Å². The Labute approximate surface area is 106 Å². The van der Waals surface area contributed by atoms with Crippen molar-refractivity contribution >= 4 is 17.5 Å². The van der Waals surface area contributed by atoms with Crippen LogP contribution in [-0.4, -0.2) is 28.3 Å². The number of carboxylic acid groups (broad SMARTS) is 1. The minimum Gasteiger partial charge on any atom is -0.465 e. The van der Waals surface area contributed by atoms with Crippen molar-refractivity contribution in [1.29, 1.82) is 0 Å². The number of aromatic nitrogens is 1. The van der Waals surface area contributed by atoms with Crippen LogP contribution in [0.15, 0.2) is 18.5 Å². The molecule has 2 rings (SSSR count). The highest BCUT2D eigenvalue weighted by atomic mass is 16.4. The quantitative estimate of drug-likeness (QED) is 0.653. The maximum Gasteiger partial charge on any atom is 0.404 e. The van der Waals surface area contributed by atoms with Gasteiger partial charge in [-0.15, -0.1) is 0 Å². The fourth-order valence-electron chi connectivity index (χ4n) is 2.31. The molecule has 0 radical (unpaired) electrons. The Morgan fingerprint density at radius 3 is 2.61 bits per heavy atom. The molecule has 6 nitrogen and oxygen atoms in total. The first kappa shape index (κ1) is 12.5. The van der Waals surface area contributed by atoms with Gasteiger partial charge in [0.05, 0.1) is 17.6 Å². The maximum atomic E-state index is 10.5. The smallest absolute Gasteiger partial charge is 0.404 e. The molecule has 1 saturated carbocycles. The van der Waals surface area contributed by atoms with Crippen molar-refractivity contribution in [3.8, 4) is 0 Å². The molecule has 5 N–H and O–H groups in total. The summed E-state index contributed by atoms with van der Waals surface area (Å²) in [4.78, 5) is 14.5. The molecule has 0 spiro atoms. The summed E-state index contributed by atoms with van der Waals surface area (Å²) >= 11 is 0. The summed E-state index contributed by atoms with van der Waals surface area (Å²) < 4.78 is 0. The lowest BCUT2D eigenvalue weighted by molar-refractivity contribution is 0.185. The Balaban J connectivity index is 1.84. The molecule has 0 aromatic carbocycles. The Bertz CT molecular complexity index is 416. The second kappa shape index (κ2) is 5.57. The number of pyridine rings is 1. The molecule has 18 heavy (non-hydrogen) atoms. The highest BCUT2D eigenvalue weighted by Gasteiger charge is 2.22. The number of anilines is 2. The predicted molar refractivity (Wildman–Crippen MR) is 69.5 cm³/mol. The molecule has 6 heteroatoms. The molecule has 0 aliphatic heterocycles. The van der Waals surface area contributed by atoms with Crippen LogP contribution in [0.3, 0.4) is 0 Å². The van der Waals surface area contributed by atoms with Crippen molar-refractivity contribution in [2.24, 2.45) is 0 Å². The first-order chi connectivity index (χ1) is 8.65. The van der Waals surface area contributed by atoms with Gasteiger partial charge in [-0.25, -0.2) is 4.79 Å². The average Bonchev–Trinajstić information content (AvgIpc) is 2.34. The van der Waals surface area contributed by atoms with E-state index in [9.17, 15) is 4.79 Å². The molecular weight excluding hydrogens is 232 g/mol. The van der Waals surface area contributed by atoms with E-state index in [2.05, 4.69) is 15.6 Å². The highest BCUT2D eigenvalue weighted by molar-refractivity contribution is 5.65. The summed E-state index contributed by atoms with van der Waals surface area (Å²) in [6, 6.07) is 2.29. The number of nitrogens with one attached hydrogen (secondary N) is 2. The summed E-state index contributed by atoms with van der Waals surface area (Å²) in [6.45, 7) is 0. The van der Waals surface area contributed by atoms with E-state index < -0.39 is 6.09 Å². The molecule has 1 heterocycles. The SMILES string of the molecule is Nc1cnccc1NC1CCC(NC(=O)O)CC1.